The number of hydrogen-bond acceptors (Lipinski definition) is 4. The summed E-state index contributed by atoms with van der Waals surface area (Å²) in [6.45, 7) is 3.80. The molecule has 1 aliphatic heterocycles. The summed E-state index contributed by atoms with van der Waals surface area (Å²) in [6.07, 6.45) is 8.71. The van der Waals surface area contributed by atoms with Gasteiger partial charge in [-0.25, -0.2) is 0 Å². The molecule has 2 atom stereocenters. The van der Waals surface area contributed by atoms with E-state index in [9.17, 15) is 0 Å². The van der Waals surface area contributed by atoms with Crippen LogP contribution in [0, 0.1) is 0 Å². The summed E-state index contributed by atoms with van der Waals surface area (Å²) in [4.78, 5) is 0. The summed E-state index contributed by atoms with van der Waals surface area (Å²) in [5.74, 6) is 0. The molecule has 1 aliphatic rings. The third kappa shape index (κ3) is 8.58. The molecule has 1 rings (SSSR count). The fourth-order valence-electron chi connectivity index (χ4n) is 2.16. The van der Waals surface area contributed by atoms with E-state index in [-0.39, 0.29) is 12.4 Å². The first-order valence-corrected chi connectivity index (χ1v) is 7.59. The molecule has 0 amide bonds. The largest absolute Gasteiger partial charge is 0.375 e. The molecular weight excluding hydrogens is 244 g/mol. The molecule has 4 nitrogen and oxygen atoms in total. The minimum Gasteiger partial charge on any atom is -0.375 e. The summed E-state index contributed by atoms with van der Waals surface area (Å²) in [5, 5.41) is 0. The van der Waals surface area contributed by atoms with Gasteiger partial charge in [0.15, 0.2) is 6.29 Å². The van der Waals surface area contributed by atoms with Gasteiger partial charge in [0.25, 0.3) is 0 Å². The summed E-state index contributed by atoms with van der Waals surface area (Å²) in [6, 6.07) is 0. The highest BCUT2D eigenvalue weighted by Gasteiger charge is 2.25. The fraction of sp³-hybridized carbons (Fsp3) is 1.00. The van der Waals surface area contributed by atoms with Gasteiger partial charge in [0.1, 0.15) is 6.10 Å². The Labute approximate surface area is 117 Å². The van der Waals surface area contributed by atoms with Crippen LogP contribution < -0.4 is 0 Å². The number of methoxy groups -OCH3 is 2. The molecule has 4 heteroatoms. The van der Waals surface area contributed by atoms with Gasteiger partial charge in [0, 0.05) is 20.6 Å². The van der Waals surface area contributed by atoms with Crippen LogP contribution in [0.3, 0.4) is 0 Å². The first-order valence-electron chi connectivity index (χ1n) is 7.59. The molecule has 0 saturated carbocycles. The van der Waals surface area contributed by atoms with Gasteiger partial charge >= 0.3 is 0 Å². The molecule has 1 saturated heterocycles. The lowest BCUT2D eigenvalue weighted by atomic mass is 10.1. The van der Waals surface area contributed by atoms with Crippen LogP contribution in [0.15, 0.2) is 0 Å². The van der Waals surface area contributed by atoms with Gasteiger partial charge in [-0.05, 0) is 6.42 Å². The third-order valence-electron chi connectivity index (χ3n) is 3.53. The van der Waals surface area contributed by atoms with Crippen LogP contribution >= 0.6 is 0 Å². The van der Waals surface area contributed by atoms with Gasteiger partial charge in [-0.1, -0.05) is 39.0 Å². The molecule has 0 N–H and O–H groups in total. The Balaban J connectivity index is 2.17. The Bertz CT molecular complexity index is 202. The Morgan fingerprint density at radius 3 is 2.37 bits per heavy atom. The Morgan fingerprint density at radius 1 is 1.11 bits per heavy atom. The minimum absolute atomic E-state index is 0.166. The van der Waals surface area contributed by atoms with E-state index < -0.39 is 0 Å². The van der Waals surface area contributed by atoms with Crippen LogP contribution in [0.1, 0.15) is 51.9 Å². The van der Waals surface area contributed by atoms with Crippen LogP contribution in [0.25, 0.3) is 0 Å². The van der Waals surface area contributed by atoms with E-state index in [1.807, 2.05) is 0 Å². The summed E-state index contributed by atoms with van der Waals surface area (Å²) in [7, 11) is 3.35. The number of epoxide rings is 1. The van der Waals surface area contributed by atoms with E-state index in [1.54, 1.807) is 14.2 Å². The highest BCUT2D eigenvalue weighted by Crippen LogP contribution is 2.18. The van der Waals surface area contributed by atoms with Crippen molar-refractivity contribution in [2.45, 2.75) is 70.4 Å². The predicted molar refractivity (Wildman–Crippen MR) is 75.3 cm³/mol. The lowest BCUT2D eigenvalue weighted by Crippen LogP contribution is -2.25. The summed E-state index contributed by atoms with van der Waals surface area (Å²) in [5.41, 5.74) is 0. The zero-order valence-electron chi connectivity index (χ0n) is 12.7. The molecule has 1 fully saturated rings. The van der Waals surface area contributed by atoms with E-state index >= 15 is 0 Å². The van der Waals surface area contributed by atoms with Gasteiger partial charge in [-0.15, -0.1) is 0 Å². The predicted octanol–water partition coefficient (Wildman–Crippen LogP) is 3.14. The van der Waals surface area contributed by atoms with E-state index in [1.165, 1.54) is 32.1 Å². The van der Waals surface area contributed by atoms with Crippen molar-refractivity contribution in [1.82, 2.24) is 0 Å². The second-order valence-electron chi connectivity index (χ2n) is 5.25. The quantitative estimate of drug-likeness (QED) is 0.294. The lowest BCUT2D eigenvalue weighted by Gasteiger charge is -2.22. The van der Waals surface area contributed by atoms with E-state index in [4.69, 9.17) is 18.9 Å². The zero-order valence-corrected chi connectivity index (χ0v) is 12.7. The van der Waals surface area contributed by atoms with Crippen LogP contribution in [-0.4, -0.2) is 45.9 Å². The Hall–Kier alpha value is -0.160. The lowest BCUT2D eigenvalue weighted by molar-refractivity contribution is -0.131. The van der Waals surface area contributed by atoms with Crippen LogP contribution in [0.5, 0.6) is 0 Å². The molecule has 0 aromatic rings. The SMILES string of the molecule is CCCCCCCC(CC(OC)OC)OCC1CO1. The summed E-state index contributed by atoms with van der Waals surface area (Å²) < 4.78 is 21.6. The maximum Gasteiger partial charge on any atom is 0.159 e. The molecule has 2 unspecified atom stereocenters. The van der Waals surface area contributed by atoms with Crippen LogP contribution in [-0.2, 0) is 18.9 Å². The fourth-order valence-corrected chi connectivity index (χ4v) is 2.16. The van der Waals surface area contributed by atoms with Crippen molar-refractivity contribution in [3.8, 4) is 0 Å². The first kappa shape index (κ1) is 16.9. The van der Waals surface area contributed by atoms with Crippen molar-refractivity contribution in [1.29, 1.82) is 0 Å². The average molecular weight is 274 g/mol. The number of unbranched alkanes of at least 4 members (excludes halogenated alkanes) is 4. The maximum absolute atomic E-state index is 5.92. The van der Waals surface area contributed by atoms with Crippen LogP contribution in [0.4, 0.5) is 0 Å². The molecule has 1 heterocycles. The van der Waals surface area contributed by atoms with Gasteiger partial charge in [-0.2, -0.15) is 0 Å². The van der Waals surface area contributed by atoms with Crippen molar-refractivity contribution in [3.05, 3.63) is 0 Å². The minimum atomic E-state index is -0.166. The maximum atomic E-state index is 5.92. The van der Waals surface area contributed by atoms with Crippen molar-refractivity contribution in [2.24, 2.45) is 0 Å². The standard InChI is InChI=1S/C15H30O4/c1-4-5-6-7-8-9-13(10-15(16-2)17-3)18-11-14-12-19-14/h13-15H,4-12H2,1-3H3. The molecule has 0 spiro atoms. The molecular formula is C15H30O4. The highest BCUT2D eigenvalue weighted by atomic mass is 16.7. The zero-order chi connectivity index (χ0) is 13.9. The monoisotopic (exact) mass is 274 g/mol. The highest BCUT2D eigenvalue weighted by molar-refractivity contribution is 4.70. The van der Waals surface area contributed by atoms with Crippen molar-refractivity contribution in [2.75, 3.05) is 27.4 Å². The van der Waals surface area contributed by atoms with Crippen molar-refractivity contribution in [3.63, 3.8) is 0 Å². The first-order chi connectivity index (χ1) is 9.30. The molecule has 114 valence electrons. The Morgan fingerprint density at radius 2 is 1.79 bits per heavy atom. The second kappa shape index (κ2) is 10.6. The molecule has 0 aromatic heterocycles. The molecule has 19 heavy (non-hydrogen) atoms. The normalized spacial score (nSPS) is 19.9. The van der Waals surface area contributed by atoms with Gasteiger partial charge in [0.05, 0.1) is 19.3 Å². The Kier molecular flexibility index (Phi) is 9.43. The average Bonchev–Trinajstić information content (AvgIpc) is 3.25. The molecule has 0 radical (unpaired) electrons. The molecule has 0 bridgehead atoms. The summed E-state index contributed by atoms with van der Waals surface area (Å²) >= 11 is 0. The smallest absolute Gasteiger partial charge is 0.159 e. The van der Waals surface area contributed by atoms with Crippen molar-refractivity contribution >= 4 is 0 Å². The van der Waals surface area contributed by atoms with Gasteiger partial charge in [-0.3, -0.25) is 0 Å². The number of ether oxygens (including phenoxy) is 4. The topological polar surface area (TPSA) is 40.2 Å². The van der Waals surface area contributed by atoms with Crippen LogP contribution in [0.2, 0.25) is 0 Å². The van der Waals surface area contributed by atoms with E-state index in [2.05, 4.69) is 6.92 Å². The molecule has 0 aromatic carbocycles. The number of rotatable bonds is 13. The second-order valence-corrected chi connectivity index (χ2v) is 5.25. The van der Waals surface area contributed by atoms with Gasteiger partial charge in [0.2, 0.25) is 0 Å². The van der Waals surface area contributed by atoms with E-state index in [0.717, 1.165) is 19.4 Å². The van der Waals surface area contributed by atoms with Crippen molar-refractivity contribution < 1.29 is 18.9 Å². The third-order valence-corrected chi connectivity index (χ3v) is 3.53. The van der Waals surface area contributed by atoms with E-state index in [0.29, 0.717) is 12.7 Å². The number of hydrogen-bond donors (Lipinski definition) is 0. The van der Waals surface area contributed by atoms with Gasteiger partial charge < -0.3 is 18.9 Å². The molecule has 0 aliphatic carbocycles.